The molecule has 0 aliphatic heterocycles. The lowest BCUT2D eigenvalue weighted by Crippen LogP contribution is -2.18. The largest absolute Gasteiger partial charge is 0.508 e. The van der Waals surface area contributed by atoms with Crippen molar-refractivity contribution >= 4 is 22.4 Å². The average Bonchev–Trinajstić information content (AvgIpc) is 2.37. The standard InChI is InChI=1S/C14H15ClO3/c15-6-5-13(17)14(18)10-2-1-9-3-4-12(16)8-11(9)7-10/h1-4,7-8,13-14,16-18H,5-6H2. The van der Waals surface area contributed by atoms with Gasteiger partial charge in [0.15, 0.2) is 0 Å². The molecule has 0 spiro atoms. The minimum absolute atomic E-state index is 0.176. The lowest BCUT2D eigenvalue weighted by molar-refractivity contribution is 0.0171. The first-order chi connectivity index (χ1) is 8.61. The smallest absolute Gasteiger partial charge is 0.116 e. The maximum atomic E-state index is 9.98. The first-order valence-electron chi connectivity index (χ1n) is 5.76. The Morgan fingerprint density at radius 3 is 2.44 bits per heavy atom. The summed E-state index contributed by atoms with van der Waals surface area (Å²) in [6.45, 7) is 0. The fourth-order valence-corrected chi connectivity index (χ4v) is 2.15. The van der Waals surface area contributed by atoms with Gasteiger partial charge in [-0.1, -0.05) is 18.2 Å². The zero-order chi connectivity index (χ0) is 13.1. The van der Waals surface area contributed by atoms with E-state index in [1.807, 2.05) is 6.07 Å². The van der Waals surface area contributed by atoms with Crippen LogP contribution in [0.25, 0.3) is 10.8 Å². The van der Waals surface area contributed by atoms with Crippen molar-refractivity contribution in [1.29, 1.82) is 0 Å². The van der Waals surface area contributed by atoms with E-state index in [0.717, 1.165) is 10.8 Å². The fourth-order valence-electron chi connectivity index (χ4n) is 1.93. The summed E-state index contributed by atoms with van der Waals surface area (Å²) in [6, 6.07) is 10.4. The fraction of sp³-hybridized carbons (Fsp3) is 0.286. The van der Waals surface area contributed by atoms with Crippen LogP contribution in [0.15, 0.2) is 36.4 Å². The van der Waals surface area contributed by atoms with Crippen molar-refractivity contribution in [3.8, 4) is 5.75 Å². The molecular formula is C14H15ClO3. The Morgan fingerprint density at radius 1 is 1.00 bits per heavy atom. The van der Waals surface area contributed by atoms with Crippen molar-refractivity contribution in [2.24, 2.45) is 0 Å². The Bertz CT molecular complexity index is 542. The molecule has 0 saturated heterocycles. The van der Waals surface area contributed by atoms with E-state index in [1.165, 1.54) is 0 Å². The van der Waals surface area contributed by atoms with E-state index in [1.54, 1.807) is 30.3 Å². The monoisotopic (exact) mass is 266 g/mol. The lowest BCUT2D eigenvalue weighted by Gasteiger charge is -2.17. The van der Waals surface area contributed by atoms with Crippen LogP contribution in [0.5, 0.6) is 5.75 Å². The number of aliphatic hydroxyl groups is 2. The van der Waals surface area contributed by atoms with Crippen molar-refractivity contribution in [1.82, 2.24) is 0 Å². The number of phenolic OH excluding ortho intramolecular Hbond substituents is 1. The molecule has 0 aliphatic carbocycles. The quantitative estimate of drug-likeness (QED) is 0.746. The third-order valence-corrected chi connectivity index (χ3v) is 3.18. The normalized spacial score (nSPS) is 14.6. The van der Waals surface area contributed by atoms with Gasteiger partial charge in [0.05, 0.1) is 6.10 Å². The highest BCUT2D eigenvalue weighted by Crippen LogP contribution is 2.26. The van der Waals surface area contributed by atoms with Crippen LogP contribution < -0.4 is 0 Å². The zero-order valence-electron chi connectivity index (χ0n) is 9.75. The summed E-state index contributed by atoms with van der Waals surface area (Å²) in [5, 5.41) is 30.9. The third kappa shape index (κ3) is 2.75. The summed E-state index contributed by atoms with van der Waals surface area (Å²) < 4.78 is 0. The van der Waals surface area contributed by atoms with Gasteiger partial charge in [-0.25, -0.2) is 0 Å². The number of hydrogen-bond donors (Lipinski definition) is 3. The number of alkyl halides is 1. The van der Waals surface area contributed by atoms with Gasteiger partial charge in [0.25, 0.3) is 0 Å². The number of rotatable bonds is 4. The summed E-state index contributed by atoms with van der Waals surface area (Å²) in [7, 11) is 0. The van der Waals surface area contributed by atoms with Crippen LogP contribution in [0.3, 0.4) is 0 Å². The van der Waals surface area contributed by atoms with Gasteiger partial charge in [-0.2, -0.15) is 0 Å². The second kappa shape index (κ2) is 5.57. The van der Waals surface area contributed by atoms with Crippen molar-refractivity contribution in [2.75, 3.05) is 5.88 Å². The Hall–Kier alpha value is -1.29. The molecule has 2 aromatic rings. The van der Waals surface area contributed by atoms with E-state index in [-0.39, 0.29) is 5.75 Å². The molecule has 2 rings (SSSR count). The minimum atomic E-state index is -0.963. The Balaban J connectivity index is 2.34. The van der Waals surface area contributed by atoms with Gasteiger partial charge in [-0.05, 0) is 41.0 Å². The van der Waals surface area contributed by atoms with E-state index < -0.39 is 12.2 Å². The molecule has 2 aromatic carbocycles. The minimum Gasteiger partial charge on any atom is -0.508 e. The molecule has 4 heteroatoms. The topological polar surface area (TPSA) is 60.7 Å². The number of halogens is 1. The predicted molar refractivity (Wildman–Crippen MR) is 71.9 cm³/mol. The first-order valence-corrected chi connectivity index (χ1v) is 6.30. The molecule has 18 heavy (non-hydrogen) atoms. The molecule has 0 heterocycles. The molecule has 0 aromatic heterocycles. The van der Waals surface area contributed by atoms with Gasteiger partial charge in [0.2, 0.25) is 0 Å². The van der Waals surface area contributed by atoms with Crippen molar-refractivity contribution in [3.05, 3.63) is 42.0 Å². The van der Waals surface area contributed by atoms with E-state index in [0.29, 0.717) is 17.9 Å². The highest BCUT2D eigenvalue weighted by Gasteiger charge is 2.17. The highest BCUT2D eigenvalue weighted by molar-refractivity contribution is 6.17. The SMILES string of the molecule is Oc1ccc2ccc(C(O)C(O)CCCl)cc2c1. The van der Waals surface area contributed by atoms with Gasteiger partial charge in [0.1, 0.15) is 11.9 Å². The maximum absolute atomic E-state index is 9.98. The third-order valence-electron chi connectivity index (χ3n) is 2.96. The number of aliphatic hydroxyl groups excluding tert-OH is 2. The van der Waals surface area contributed by atoms with Gasteiger partial charge in [-0.15, -0.1) is 11.6 Å². The molecule has 0 bridgehead atoms. The highest BCUT2D eigenvalue weighted by atomic mass is 35.5. The molecule has 0 amide bonds. The summed E-state index contributed by atoms with van der Waals surface area (Å²) in [5.41, 5.74) is 0.616. The number of phenols is 1. The van der Waals surface area contributed by atoms with E-state index >= 15 is 0 Å². The molecule has 96 valence electrons. The maximum Gasteiger partial charge on any atom is 0.116 e. The molecular weight excluding hydrogens is 252 g/mol. The van der Waals surface area contributed by atoms with Crippen LogP contribution in [0, 0.1) is 0 Å². The molecule has 0 aliphatic rings. The summed E-state index contributed by atoms with van der Waals surface area (Å²) >= 11 is 5.54. The zero-order valence-corrected chi connectivity index (χ0v) is 10.5. The summed E-state index contributed by atoms with van der Waals surface area (Å²) in [4.78, 5) is 0. The Morgan fingerprint density at radius 2 is 1.72 bits per heavy atom. The lowest BCUT2D eigenvalue weighted by atomic mass is 9.99. The van der Waals surface area contributed by atoms with Crippen molar-refractivity contribution < 1.29 is 15.3 Å². The number of hydrogen-bond acceptors (Lipinski definition) is 3. The van der Waals surface area contributed by atoms with E-state index in [4.69, 9.17) is 11.6 Å². The van der Waals surface area contributed by atoms with Gasteiger partial charge in [-0.3, -0.25) is 0 Å². The Labute approximate surface area is 110 Å². The molecule has 2 atom stereocenters. The van der Waals surface area contributed by atoms with E-state index in [2.05, 4.69) is 0 Å². The van der Waals surface area contributed by atoms with Crippen LogP contribution >= 0.6 is 11.6 Å². The predicted octanol–water partition coefficient (Wildman–Crippen LogP) is 2.57. The molecule has 3 N–H and O–H groups in total. The van der Waals surface area contributed by atoms with Crippen molar-refractivity contribution in [2.45, 2.75) is 18.6 Å². The van der Waals surface area contributed by atoms with Crippen LogP contribution in [0.2, 0.25) is 0 Å². The number of fused-ring (bicyclic) bond motifs is 1. The van der Waals surface area contributed by atoms with E-state index in [9.17, 15) is 15.3 Å². The molecule has 0 radical (unpaired) electrons. The first kappa shape index (κ1) is 13.1. The molecule has 0 saturated carbocycles. The Kier molecular flexibility index (Phi) is 4.07. The van der Waals surface area contributed by atoms with Gasteiger partial charge >= 0.3 is 0 Å². The number of benzene rings is 2. The van der Waals surface area contributed by atoms with Crippen LogP contribution in [0.4, 0.5) is 0 Å². The van der Waals surface area contributed by atoms with Crippen molar-refractivity contribution in [3.63, 3.8) is 0 Å². The number of aromatic hydroxyl groups is 1. The molecule has 0 fully saturated rings. The van der Waals surface area contributed by atoms with Crippen LogP contribution in [-0.2, 0) is 0 Å². The molecule has 2 unspecified atom stereocenters. The summed E-state index contributed by atoms with van der Waals surface area (Å²) in [5.74, 6) is 0.475. The molecule has 3 nitrogen and oxygen atoms in total. The van der Waals surface area contributed by atoms with Gasteiger partial charge in [0, 0.05) is 5.88 Å². The average molecular weight is 267 g/mol. The second-order valence-electron chi connectivity index (χ2n) is 4.28. The van der Waals surface area contributed by atoms with Gasteiger partial charge < -0.3 is 15.3 Å². The van der Waals surface area contributed by atoms with Crippen LogP contribution in [0.1, 0.15) is 18.1 Å². The second-order valence-corrected chi connectivity index (χ2v) is 4.66. The van der Waals surface area contributed by atoms with Crippen LogP contribution in [-0.4, -0.2) is 27.3 Å². The summed E-state index contributed by atoms with van der Waals surface area (Å²) in [6.07, 6.45) is -1.51.